The standard InChI is InChI=1S/C11H17N3/c1-12-11-4-2-3-10(14-11)9-5-7-13-8-6-9/h2-4,9,13H,5-8H2,1H3,(H,12,14). The van der Waals surface area contributed by atoms with E-state index in [1.165, 1.54) is 18.5 Å². The van der Waals surface area contributed by atoms with Crippen LogP contribution in [0.15, 0.2) is 18.2 Å². The molecule has 0 atom stereocenters. The van der Waals surface area contributed by atoms with Crippen LogP contribution in [0.25, 0.3) is 0 Å². The summed E-state index contributed by atoms with van der Waals surface area (Å²) in [5.41, 5.74) is 1.23. The lowest BCUT2D eigenvalue weighted by Crippen LogP contribution is -2.27. The molecule has 0 aliphatic carbocycles. The first-order chi connectivity index (χ1) is 6.90. The summed E-state index contributed by atoms with van der Waals surface area (Å²) in [6.07, 6.45) is 2.42. The third-order valence-corrected chi connectivity index (χ3v) is 2.78. The summed E-state index contributed by atoms with van der Waals surface area (Å²) in [4.78, 5) is 4.58. The molecule has 2 heterocycles. The van der Waals surface area contributed by atoms with E-state index in [9.17, 15) is 0 Å². The number of anilines is 1. The summed E-state index contributed by atoms with van der Waals surface area (Å²) in [7, 11) is 1.91. The smallest absolute Gasteiger partial charge is 0.125 e. The Morgan fingerprint density at radius 2 is 2.14 bits per heavy atom. The van der Waals surface area contributed by atoms with Gasteiger partial charge in [0.1, 0.15) is 5.82 Å². The minimum Gasteiger partial charge on any atom is -0.373 e. The van der Waals surface area contributed by atoms with Gasteiger partial charge in [-0.3, -0.25) is 0 Å². The second-order valence-electron chi connectivity index (χ2n) is 3.72. The first-order valence-electron chi connectivity index (χ1n) is 5.25. The molecule has 2 rings (SSSR count). The van der Waals surface area contributed by atoms with Gasteiger partial charge in [-0.2, -0.15) is 0 Å². The van der Waals surface area contributed by atoms with E-state index in [0.29, 0.717) is 5.92 Å². The van der Waals surface area contributed by atoms with E-state index in [-0.39, 0.29) is 0 Å². The molecule has 0 aromatic carbocycles. The van der Waals surface area contributed by atoms with Crippen molar-refractivity contribution in [2.24, 2.45) is 0 Å². The number of hydrogen-bond acceptors (Lipinski definition) is 3. The van der Waals surface area contributed by atoms with Crippen molar-refractivity contribution >= 4 is 5.82 Å². The second-order valence-corrected chi connectivity index (χ2v) is 3.72. The van der Waals surface area contributed by atoms with Crippen LogP contribution in [-0.4, -0.2) is 25.1 Å². The Bertz CT molecular complexity index is 292. The van der Waals surface area contributed by atoms with Crippen LogP contribution >= 0.6 is 0 Å². The van der Waals surface area contributed by atoms with Crippen LogP contribution in [0.2, 0.25) is 0 Å². The van der Waals surface area contributed by atoms with Crippen molar-refractivity contribution in [3.8, 4) is 0 Å². The molecule has 1 aliphatic heterocycles. The van der Waals surface area contributed by atoms with Crippen molar-refractivity contribution < 1.29 is 0 Å². The summed E-state index contributed by atoms with van der Waals surface area (Å²) in [5.74, 6) is 1.62. The largest absolute Gasteiger partial charge is 0.373 e. The first-order valence-corrected chi connectivity index (χ1v) is 5.25. The van der Waals surface area contributed by atoms with Crippen LogP contribution in [0.5, 0.6) is 0 Å². The highest BCUT2D eigenvalue weighted by Gasteiger charge is 2.16. The van der Waals surface area contributed by atoms with Gasteiger partial charge in [0, 0.05) is 18.7 Å². The number of aromatic nitrogens is 1. The number of nitrogens with one attached hydrogen (secondary N) is 2. The summed E-state index contributed by atoms with van der Waals surface area (Å²) in [6, 6.07) is 6.22. The molecule has 1 fully saturated rings. The van der Waals surface area contributed by atoms with Gasteiger partial charge < -0.3 is 10.6 Å². The molecule has 1 saturated heterocycles. The molecule has 1 aromatic rings. The van der Waals surface area contributed by atoms with Crippen LogP contribution in [0, 0.1) is 0 Å². The van der Waals surface area contributed by atoms with Gasteiger partial charge in [-0.25, -0.2) is 4.98 Å². The summed E-state index contributed by atoms with van der Waals surface area (Å²) < 4.78 is 0. The van der Waals surface area contributed by atoms with E-state index in [1.807, 2.05) is 13.1 Å². The third-order valence-electron chi connectivity index (χ3n) is 2.78. The SMILES string of the molecule is CNc1cccc(C2CCNCC2)n1. The van der Waals surface area contributed by atoms with E-state index in [0.717, 1.165) is 18.9 Å². The van der Waals surface area contributed by atoms with E-state index >= 15 is 0 Å². The topological polar surface area (TPSA) is 37.0 Å². The minimum absolute atomic E-state index is 0.643. The normalized spacial score (nSPS) is 18.1. The van der Waals surface area contributed by atoms with E-state index in [4.69, 9.17) is 0 Å². The van der Waals surface area contributed by atoms with E-state index in [1.54, 1.807) is 0 Å². The molecule has 0 radical (unpaired) electrons. The van der Waals surface area contributed by atoms with Gasteiger partial charge in [0.2, 0.25) is 0 Å². The van der Waals surface area contributed by atoms with Gasteiger partial charge in [-0.15, -0.1) is 0 Å². The Balaban J connectivity index is 2.13. The van der Waals surface area contributed by atoms with Gasteiger partial charge in [-0.1, -0.05) is 6.07 Å². The van der Waals surface area contributed by atoms with Crippen molar-refractivity contribution in [2.45, 2.75) is 18.8 Å². The Hall–Kier alpha value is -1.09. The molecular weight excluding hydrogens is 174 g/mol. The maximum atomic E-state index is 4.58. The van der Waals surface area contributed by atoms with Gasteiger partial charge in [0.05, 0.1) is 0 Å². The lowest BCUT2D eigenvalue weighted by Gasteiger charge is -2.22. The second kappa shape index (κ2) is 4.42. The summed E-state index contributed by atoms with van der Waals surface area (Å²) >= 11 is 0. The Labute approximate surface area is 84.9 Å². The zero-order chi connectivity index (χ0) is 9.80. The Morgan fingerprint density at radius 3 is 2.86 bits per heavy atom. The third kappa shape index (κ3) is 2.04. The van der Waals surface area contributed by atoms with Crippen molar-refractivity contribution in [1.82, 2.24) is 10.3 Å². The van der Waals surface area contributed by atoms with Crippen LogP contribution in [0.1, 0.15) is 24.5 Å². The van der Waals surface area contributed by atoms with Crippen LogP contribution in [0.4, 0.5) is 5.82 Å². The van der Waals surface area contributed by atoms with Crippen molar-refractivity contribution in [1.29, 1.82) is 0 Å². The highest BCUT2D eigenvalue weighted by molar-refractivity contribution is 5.35. The van der Waals surface area contributed by atoms with E-state index in [2.05, 4.69) is 27.8 Å². The Morgan fingerprint density at radius 1 is 1.36 bits per heavy atom. The van der Waals surface area contributed by atoms with Gasteiger partial charge in [0.25, 0.3) is 0 Å². The lowest BCUT2D eigenvalue weighted by atomic mass is 9.94. The number of nitrogens with zero attached hydrogens (tertiary/aromatic N) is 1. The van der Waals surface area contributed by atoms with Crippen molar-refractivity contribution in [3.63, 3.8) is 0 Å². The van der Waals surface area contributed by atoms with Crippen molar-refractivity contribution in [3.05, 3.63) is 23.9 Å². The molecule has 0 unspecified atom stereocenters. The quantitative estimate of drug-likeness (QED) is 0.745. The van der Waals surface area contributed by atoms with Crippen molar-refractivity contribution in [2.75, 3.05) is 25.5 Å². The first kappa shape index (κ1) is 9.46. The lowest BCUT2D eigenvalue weighted by molar-refractivity contribution is 0.453. The summed E-state index contributed by atoms with van der Waals surface area (Å²) in [6.45, 7) is 2.24. The minimum atomic E-state index is 0.643. The van der Waals surface area contributed by atoms with Gasteiger partial charge >= 0.3 is 0 Å². The highest BCUT2D eigenvalue weighted by Crippen LogP contribution is 2.24. The molecule has 3 heteroatoms. The predicted octanol–water partition coefficient (Wildman–Crippen LogP) is 1.59. The van der Waals surface area contributed by atoms with E-state index < -0.39 is 0 Å². The molecule has 1 aromatic heterocycles. The molecule has 76 valence electrons. The molecule has 14 heavy (non-hydrogen) atoms. The maximum absolute atomic E-state index is 4.58. The molecule has 1 aliphatic rings. The zero-order valence-electron chi connectivity index (χ0n) is 8.59. The molecule has 0 bridgehead atoms. The summed E-state index contributed by atoms with van der Waals surface area (Å²) in [5, 5.41) is 6.45. The molecule has 0 saturated carbocycles. The predicted molar refractivity (Wildman–Crippen MR) is 58.6 cm³/mol. The zero-order valence-corrected chi connectivity index (χ0v) is 8.59. The monoisotopic (exact) mass is 191 g/mol. The van der Waals surface area contributed by atoms with Crippen LogP contribution in [0.3, 0.4) is 0 Å². The molecule has 3 nitrogen and oxygen atoms in total. The fourth-order valence-corrected chi connectivity index (χ4v) is 1.94. The molecule has 0 spiro atoms. The molecular formula is C11H17N3. The fraction of sp³-hybridized carbons (Fsp3) is 0.545. The fourth-order valence-electron chi connectivity index (χ4n) is 1.94. The maximum Gasteiger partial charge on any atom is 0.125 e. The average molecular weight is 191 g/mol. The number of rotatable bonds is 2. The molecule has 0 amide bonds. The molecule has 2 N–H and O–H groups in total. The number of hydrogen-bond donors (Lipinski definition) is 2. The Kier molecular flexibility index (Phi) is 2.99. The van der Waals surface area contributed by atoms with Crippen LogP contribution < -0.4 is 10.6 Å². The van der Waals surface area contributed by atoms with Gasteiger partial charge in [-0.05, 0) is 38.1 Å². The average Bonchev–Trinajstić information content (AvgIpc) is 2.30. The highest BCUT2D eigenvalue weighted by atomic mass is 15.0. The number of pyridine rings is 1. The number of piperidine rings is 1. The van der Waals surface area contributed by atoms with Gasteiger partial charge in [0.15, 0.2) is 0 Å². The van der Waals surface area contributed by atoms with Crippen LogP contribution in [-0.2, 0) is 0 Å².